The summed E-state index contributed by atoms with van der Waals surface area (Å²) >= 11 is 0. The van der Waals surface area contributed by atoms with Gasteiger partial charge < -0.3 is 9.64 Å². The predicted molar refractivity (Wildman–Crippen MR) is 87.9 cm³/mol. The number of rotatable bonds is 6. The van der Waals surface area contributed by atoms with Gasteiger partial charge in [-0.1, -0.05) is 37.1 Å². The molecular formula is C18H31NO2. The van der Waals surface area contributed by atoms with E-state index in [9.17, 15) is 4.79 Å². The summed E-state index contributed by atoms with van der Waals surface area (Å²) in [4.78, 5) is 13.5. The number of carbonyl (C=O) groups excluding carboxylic acids is 1. The number of nitrogens with zero attached hydrogens (tertiary/aromatic N) is 1. The molecule has 1 atom stereocenters. The van der Waals surface area contributed by atoms with E-state index < -0.39 is 0 Å². The third-order valence-corrected chi connectivity index (χ3v) is 4.03. The van der Waals surface area contributed by atoms with E-state index in [1.165, 1.54) is 11.1 Å². The van der Waals surface area contributed by atoms with Gasteiger partial charge in [-0.15, -0.1) is 0 Å². The highest BCUT2D eigenvalue weighted by Crippen LogP contribution is 2.33. The molecule has 0 radical (unpaired) electrons. The highest BCUT2D eigenvalue weighted by atomic mass is 16.5. The van der Waals surface area contributed by atoms with Gasteiger partial charge in [0.05, 0.1) is 6.61 Å². The van der Waals surface area contributed by atoms with Gasteiger partial charge in [0.15, 0.2) is 0 Å². The van der Waals surface area contributed by atoms with Gasteiger partial charge in [-0.25, -0.2) is 0 Å². The summed E-state index contributed by atoms with van der Waals surface area (Å²) in [5, 5.41) is 0. The lowest BCUT2D eigenvalue weighted by Crippen LogP contribution is -2.44. The van der Waals surface area contributed by atoms with Crippen LogP contribution in [0.5, 0.6) is 0 Å². The predicted octanol–water partition coefficient (Wildman–Crippen LogP) is 4.30. The lowest BCUT2D eigenvalue weighted by atomic mass is 9.85. The molecule has 0 N–H and O–H groups in total. The van der Waals surface area contributed by atoms with E-state index in [1.54, 1.807) is 6.92 Å². The Balaban J connectivity index is 2.59. The first-order chi connectivity index (χ1) is 9.74. The van der Waals surface area contributed by atoms with Crippen LogP contribution in [0.4, 0.5) is 0 Å². The monoisotopic (exact) mass is 293 g/mol. The van der Waals surface area contributed by atoms with Crippen molar-refractivity contribution in [3.05, 3.63) is 23.3 Å². The molecule has 1 fully saturated rings. The van der Waals surface area contributed by atoms with E-state index in [1.807, 2.05) is 4.90 Å². The molecule has 0 aromatic heterocycles. The number of allylic oxidation sites excluding steroid dienone is 4. The fourth-order valence-corrected chi connectivity index (χ4v) is 2.67. The molecule has 0 aliphatic carbocycles. The van der Waals surface area contributed by atoms with E-state index >= 15 is 0 Å². The van der Waals surface area contributed by atoms with Crippen molar-refractivity contribution in [2.24, 2.45) is 5.41 Å². The van der Waals surface area contributed by atoms with Crippen molar-refractivity contribution < 1.29 is 9.53 Å². The van der Waals surface area contributed by atoms with Gasteiger partial charge in [0.2, 0.25) is 5.91 Å². The van der Waals surface area contributed by atoms with Crippen molar-refractivity contribution in [1.82, 2.24) is 4.90 Å². The van der Waals surface area contributed by atoms with Crippen molar-refractivity contribution >= 4 is 5.91 Å². The largest absolute Gasteiger partial charge is 0.356 e. The van der Waals surface area contributed by atoms with Gasteiger partial charge in [0.1, 0.15) is 6.23 Å². The molecule has 0 spiro atoms. The van der Waals surface area contributed by atoms with Crippen LogP contribution >= 0.6 is 0 Å². The highest BCUT2D eigenvalue weighted by molar-refractivity contribution is 5.73. The molecule has 1 aliphatic heterocycles. The Morgan fingerprint density at radius 2 is 1.90 bits per heavy atom. The highest BCUT2D eigenvalue weighted by Gasteiger charge is 2.39. The third kappa shape index (κ3) is 5.66. The van der Waals surface area contributed by atoms with E-state index in [0.29, 0.717) is 13.2 Å². The van der Waals surface area contributed by atoms with Gasteiger partial charge in [0.25, 0.3) is 0 Å². The van der Waals surface area contributed by atoms with Crippen molar-refractivity contribution in [1.29, 1.82) is 0 Å². The van der Waals surface area contributed by atoms with Crippen LogP contribution in [0, 0.1) is 5.41 Å². The summed E-state index contributed by atoms with van der Waals surface area (Å²) < 4.78 is 5.80. The van der Waals surface area contributed by atoms with Gasteiger partial charge in [-0.3, -0.25) is 4.79 Å². The second-order valence-corrected chi connectivity index (χ2v) is 7.00. The first-order valence-corrected chi connectivity index (χ1v) is 7.92. The van der Waals surface area contributed by atoms with Crippen LogP contribution in [0.1, 0.15) is 60.8 Å². The first-order valence-electron chi connectivity index (χ1n) is 7.92. The number of hydrogen-bond donors (Lipinski definition) is 0. The normalized spacial score (nSPS) is 19.8. The molecule has 3 nitrogen and oxygen atoms in total. The maximum Gasteiger partial charge on any atom is 0.221 e. The first kappa shape index (κ1) is 18.0. The average molecular weight is 293 g/mol. The zero-order chi connectivity index (χ0) is 16.0. The van der Waals surface area contributed by atoms with Gasteiger partial charge in [0, 0.05) is 18.9 Å². The molecule has 0 saturated carbocycles. The lowest BCUT2D eigenvalue weighted by molar-refractivity contribution is -0.140. The molecule has 0 aromatic rings. The van der Waals surface area contributed by atoms with E-state index in [2.05, 4.69) is 46.8 Å². The van der Waals surface area contributed by atoms with Crippen molar-refractivity contribution in [3.8, 4) is 0 Å². The minimum absolute atomic E-state index is 0.0556. The summed E-state index contributed by atoms with van der Waals surface area (Å²) in [6.45, 7) is 13.8. The van der Waals surface area contributed by atoms with Crippen molar-refractivity contribution in [3.63, 3.8) is 0 Å². The van der Waals surface area contributed by atoms with Crippen LogP contribution in [0.25, 0.3) is 0 Å². The number of ether oxygens (including phenoxy) is 1. The minimum Gasteiger partial charge on any atom is -0.356 e. The Kier molecular flexibility index (Phi) is 6.66. The summed E-state index contributed by atoms with van der Waals surface area (Å²) in [5.74, 6) is 0.106. The Morgan fingerprint density at radius 1 is 1.24 bits per heavy atom. The molecular weight excluding hydrogens is 262 g/mol. The average Bonchev–Trinajstić information content (AvgIpc) is 2.86. The quantitative estimate of drug-likeness (QED) is 0.683. The zero-order valence-corrected chi connectivity index (χ0v) is 14.5. The smallest absolute Gasteiger partial charge is 0.221 e. The van der Waals surface area contributed by atoms with E-state index in [-0.39, 0.29) is 17.6 Å². The molecule has 1 heterocycles. The SMILES string of the molecule is CC(=O)N1CCO[C@H]1C(C)(C)C/C=C(\C)CCC=C(C)C. The van der Waals surface area contributed by atoms with Crippen LogP contribution in [0.15, 0.2) is 23.3 Å². The van der Waals surface area contributed by atoms with E-state index in [4.69, 9.17) is 4.74 Å². The molecule has 1 aliphatic rings. The Hall–Kier alpha value is -1.09. The van der Waals surface area contributed by atoms with Gasteiger partial charge in [-0.05, 0) is 40.0 Å². The van der Waals surface area contributed by atoms with Crippen LogP contribution in [0.2, 0.25) is 0 Å². The maximum atomic E-state index is 11.7. The summed E-state index contributed by atoms with van der Waals surface area (Å²) in [7, 11) is 0. The van der Waals surface area contributed by atoms with Crippen LogP contribution < -0.4 is 0 Å². The standard InChI is InChI=1S/C18H31NO2/c1-14(2)8-7-9-15(3)10-11-18(5,6)17-19(16(4)20)12-13-21-17/h8,10,17H,7,9,11-13H2,1-6H3/b15-10+/t17-/m0/s1. The fraction of sp³-hybridized carbons (Fsp3) is 0.722. The number of carbonyl (C=O) groups is 1. The zero-order valence-electron chi connectivity index (χ0n) is 14.5. The topological polar surface area (TPSA) is 29.5 Å². The molecule has 21 heavy (non-hydrogen) atoms. The summed E-state index contributed by atoms with van der Waals surface area (Å²) in [5.41, 5.74) is 2.73. The Labute approximate surface area is 130 Å². The molecule has 1 rings (SSSR count). The lowest BCUT2D eigenvalue weighted by Gasteiger charge is -2.35. The number of amides is 1. The second kappa shape index (κ2) is 7.79. The van der Waals surface area contributed by atoms with Gasteiger partial charge in [-0.2, -0.15) is 0 Å². The minimum atomic E-state index is -0.100. The van der Waals surface area contributed by atoms with Crippen LogP contribution in [-0.4, -0.2) is 30.2 Å². The van der Waals surface area contributed by atoms with Crippen molar-refractivity contribution in [2.45, 2.75) is 67.0 Å². The number of hydrogen-bond acceptors (Lipinski definition) is 2. The molecule has 0 aromatic carbocycles. The Bertz CT molecular complexity index is 417. The van der Waals surface area contributed by atoms with Gasteiger partial charge >= 0.3 is 0 Å². The molecule has 1 saturated heterocycles. The molecule has 120 valence electrons. The molecule has 0 bridgehead atoms. The Morgan fingerprint density at radius 3 is 2.48 bits per heavy atom. The third-order valence-electron chi connectivity index (χ3n) is 4.03. The summed E-state index contributed by atoms with van der Waals surface area (Å²) in [6.07, 6.45) is 7.62. The van der Waals surface area contributed by atoms with Crippen molar-refractivity contribution in [2.75, 3.05) is 13.2 Å². The van der Waals surface area contributed by atoms with E-state index in [0.717, 1.165) is 19.3 Å². The molecule has 0 unspecified atom stereocenters. The van der Waals surface area contributed by atoms with Crippen LogP contribution in [-0.2, 0) is 9.53 Å². The fourth-order valence-electron chi connectivity index (χ4n) is 2.67. The van der Waals surface area contributed by atoms with Crippen LogP contribution in [0.3, 0.4) is 0 Å². The maximum absolute atomic E-state index is 11.7. The molecule has 3 heteroatoms. The second-order valence-electron chi connectivity index (χ2n) is 7.00. The summed E-state index contributed by atoms with van der Waals surface area (Å²) in [6, 6.07) is 0. The molecule has 1 amide bonds.